The average Bonchev–Trinajstić information content (AvgIpc) is 3.02. The Labute approximate surface area is 125 Å². The highest BCUT2D eigenvalue weighted by Gasteiger charge is 2.29. The second-order valence-corrected chi connectivity index (χ2v) is 6.61. The molecule has 1 aromatic heterocycles. The molecule has 0 amide bonds. The van der Waals surface area contributed by atoms with Crippen LogP contribution in [-0.4, -0.2) is 19.2 Å². The molecule has 2 heterocycles. The fraction of sp³-hybridized carbons (Fsp3) is 0.333. The van der Waals surface area contributed by atoms with Crippen LogP contribution >= 0.6 is 27.3 Å². The molecule has 0 aliphatic carbocycles. The van der Waals surface area contributed by atoms with E-state index < -0.39 is 0 Å². The van der Waals surface area contributed by atoms with Crippen molar-refractivity contribution in [2.45, 2.75) is 25.0 Å². The number of likely N-dealkylation sites (N-methyl/N-ethyl adjacent to an activating group) is 1. The van der Waals surface area contributed by atoms with Crippen LogP contribution in [0.4, 0.5) is 0 Å². The summed E-state index contributed by atoms with van der Waals surface area (Å²) in [6.45, 7) is 0. The van der Waals surface area contributed by atoms with Crippen molar-refractivity contribution in [2.75, 3.05) is 7.05 Å². The van der Waals surface area contributed by atoms with Crippen LogP contribution in [0, 0.1) is 0 Å². The standard InChI is InChI=1S/C15H16BrNOS/c1-17-12(9-15-11(16)6-7-19-15)14-8-10-4-2-3-5-13(10)18-14/h2-7,12,14,17H,8-9H2,1H3. The molecule has 2 nitrogen and oxygen atoms in total. The molecule has 0 saturated heterocycles. The van der Waals surface area contributed by atoms with Gasteiger partial charge in [-0.15, -0.1) is 11.3 Å². The Morgan fingerprint density at radius 2 is 2.26 bits per heavy atom. The second-order valence-electron chi connectivity index (χ2n) is 4.76. The van der Waals surface area contributed by atoms with Crippen molar-refractivity contribution in [1.29, 1.82) is 0 Å². The van der Waals surface area contributed by atoms with Crippen LogP contribution in [0.2, 0.25) is 0 Å². The number of ether oxygens (including phenoxy) is 1. The van der Waals surface area contributed by atoms with Gasteiger partial charge < -0.3 is 10.1 Å². The van der Waals surface area contributed by atoms with Gasteiger partial charge in [-0.2, -0.15) is 0 Å². The summed E-state index contributed by atoms with van der Waals surface area (Å²) in [4.78, 5) is 1.37. The Kier molecular flexibility index (Phi) is 3.91. The molecule has 19 heavy (non-hydrogen) atoms. The Balaban J connectivity index is 1.73. The molecule has 1 aliphatic rings. The molecular weight excluding hydrogens is 322 g/mol. The summed E-state index contributed by atoms with van der Waals surface area (Å²) < 4.78 is 7.28. The van der Waals surface area contributed by atoms with E-state index in [2.05, 4.69) is 50.9 Å². The predicted molar refractivity (Wildman–Crippen MR) is 83.1 cm³/mol. The first-order valence-corrected chi connectivity index (χ1v) is 8.09. The summed E-state index contributed by atoms with van der Waals surface area (Å²) in [7, 11) is 2.01. The first-order chi connectivity index (χ1) is 9.28. The second kappa shape index (κ2) is 5.65. The summed E-state index contributed by atoms with van der Waals surface area (Å²) in [5, 5.41) is 5.53. The zero-order chi connectivity index (χ0) is 13.2. The lowest BCUT2D eigenvalue weighted by atomic mass is 10.0. The van der Waals surface area contributed by atoms with Gasteiger partial charge in [0.15, 0.2) is 0 Å². The molecule has 100 valence electrons. The number of halogens is 1. The zero-order valence-electron chi connectivity index (χ0n) is 10.7. The maximum absolute atomic E-state index is 6.08. The number of benzene rings is 1. The molecule has 2 atom stereocenters. The van der Waals surface area contributed by atoms with Crippen LogP contribution in [0.15, 0.2) is 40.2 Å². The zero-order valence-corrected chi connectivity index (χ0v) is 13.1. The van der Waals surface area contributed by atoms with Gasteiger partial charge >= 0.3 is 0 Å². The van der Waals surface area contributed by atoms with E-state index in [1.807, 2.05) is 13.1 Å². The topological polar surface area (TPSA) is 21.3 Å². The highest BCUT2D eigenvalue weighted by Crippen LogP contribution is 2.31. The monoisotopic (exact) mass is 337 g/mol. The number of para-hydroxylation sites is 1. The molecule has 0 saturated carbocycles. The van der Waals surface area contributed by atoms with Gasteiger partial charge in [0.1, 0.15) is 11.9 Å². The normalized spacial score (nSPS) is 18.9. The third-order valence-corrected chi connectivity index (χ3v) is 5.54. The number of hydrogen-bond acceptors (Lipinski definition) is 3. The van der Waals surface area contributed by atoms with Crippen LogP contribution in [0.3, 0.4) is 0 Å². The molecule has 4 heteroatoms. The lowest BCUT2D eigenvalue weighted by Gasteiger charge is -2.22. The van der Waals surface area contributed by atoms with Crippen LogP contribution in [0.5, 0.6) is 5.75 Å². The third kappa shape index (κ3) is 2.71. The van der Waals surface area contributed by atoms with Crippen molar-refractivity contribution in [3.8, 4) is 5.75 Å². The average molecular weight is 338 g/mol. The highest BCUT2D eigenvalue weighted by molar-refractivity contribution is 9.10. The smallest absolute Gasteiger partial charge is 0.123 e. The lowest BCUT2D eigenvalue weighted by Crippen LogP contribution is -2.42. The van der Waals surface area contributed by atoms with Crippen LogP contribution in [0.25, 0.3) is 0 Å². The largest absolute Gasteiger partial charge is 0.488 e. The van der Waals surface area contributed by atoms with Crippen molar-refractivity contribution < 1.29 is 4.74 Å². The van der Waals surface area contributed by atoms with Crippen molar-refractivity contribution in [1.82, 2.24) is 5.32 Å². The van der Waals surface area contributed by atoms with Gasteiger partial charge in [0, 0.05) is 28.2 Å². The van der Waals surface area contributed by atoms with Gasteiger partial charge in [0.2, 0.25) is 0 Å². The van der Waals surface area contributed by atoms with Gasteiger partial charge in [-0.25, -0.2) is 0 Å². The van der Waals surface area contributed by atoms with Crippen molar-refractivity contribution in [2.24, 2.45) is 0 Å². The van der Waals surface area contributed by atoms with E-state index in [1.54, 1.807) is 11.3 Å². The molecular formula is C15H16BrNOS. The van der Waals surface area contributed by atoms with Crippen LogP contribution in [0.1, 0.15) is 10.4 Å². The number of rotatable bonds is 4. The molecule has 3 rings (SSSR count). The molecule has 2 aromatic rings. The van der Waals surface area contributed by atoms with E-state index in [9.17, 15) is 0 Å². The molecule has 1 N–H and O–H groups in total. The minimum absolute atomic E-state index is 0.219. The summed E-state index contributed by atoms with van der Waals surface area (Å²) in [6, 6.07) is 10.8. The summed E-state index contributed by atoms with van der Waals surface area (Å²) in [6.07, 6.45) is 2.20. The quantitative estimate of drug-likeness (QED) is 0.919. The lowest BCUT2D eigenvalue weighted by molar-refractivity contribution is 0.182. The Bertz CT molecular complexity index is 544. The molecule has 0 spiro atoms. The number of thiophene rings is 1. The van der Waals surface area contributed by atoms with Gasteiger partial charge in [-0.05, 0) is 46.1 Å². The van der Waals surface area contributed by atoms with E-state index in [1.165, 1.54) is 14.9 Å². The van der Waals surface area contributed by atoms with Crippen molar-refractivity contribution in [3.05, 3.63) is 50.6 Å². The van der Waals surface area contributed by atoms with Crippen LogP contribution in [-0.2, 0) is 12.8 Å². The van der Waals surface area contributed by atoms with Gasteiger partial charge in [0.05, 0.1) is 0 Å². The Morgan fingerprint density at radius 1 is 1.42 bits per heavy atom. The minimum atomic E-state index is 0.219. The molecule has 1 aromatic carbocycles. The molecule has 1 aliphatic heterocycles. The minimum Gasteiger partial charge on any atom is -0.488 e. The van der Waals surface area contributed by atoms with E-state index >= 15 is 0 Å². The summed E-state index contributed by atoms with van der Waals surface area (Å²) in [5.41, 5.74) is 1.32. The fourth-order valence-electron chi connectivity index (χ4n) is 2.52. The van der Waals surface area contributed by atoms with E-state index in [0.717, 1.165) is 18.6 Å². The number of nitrogens with one attached hydrogen (secondary N) is 1. The van der Waals surface area contributed by atoms with Crippen LogP contribution < -0.4 is 10.1 Å². The third-order valence-electron chi connectivity index (χ3n) is 3.59. The first-order valence-electron chi connectivity index (χ1n) is 6.41. The Morgan fingerprint density at radius 3 is 2.95 bits per heavy atom. The van der Waals surface area contributed by atoms with E-state index in [4.69, 9.17) is 4.74 Å². The Hall–Kier alpha value is -0.840. The van der Waals surface area contributed by atoms with Crippen molar-refractivity contribution in [3.63, 3.8) is 0 Å². The van der Waals surface area contributed by atoms with Crippen molar-refractivity contribution >= 4 is 27.3 Å². The van der Waals surface area contributed by atoms with E-state index in [0.29, 0.717) is 6.04 Å². The molecule has 0 fully saturated rings. The maximum Gasteiger partial charge on any atom is 0.123 e. The summed E-state index contributed by atoms with van der Waals surface area (Å²) >= 11 is 5.40. The number of fused-ring (bicyclic) bond motifs is 1. The highest BCUT2D eigenvalue weighted by atomic mass is 79.9. The maximum atomic E-state index is 6.08. The molecule has 2 unspecified atom stereocenters. The first kappa shape index (κ1) is 13.2. The van der Waals surface area contributed by atoms with Gasteiger partial charge in [0.25, 0.3) is 0 Å². The molecule has 0 radical (unpaired) electrons. The van der Waals surface area contributed by atoms with Gasteiger partial charge in [-0.1, -0.05) is 18.2 Å². The predicted octanol–water partition coefficient (Wildman–Crippen LogP) is 3.64. The SMILES string of the molecule is CNC(Cc1sccc1Br)C1Cc2ccccc2O1. The fourth-order valence-corrected chi connectivity index (χ4v) is 4.10. The van der Waals surface area contributed by atoms with Gasteiger partial charge in [-0.3, -0.25) is 0 Å². The number of hydrogen-bond donors (Lipinski definition) is 1. The molecule has 0 bridgehead atoms. The summed E-state index contributed by atoms with van der Waals surface area (Å²) in [5.74, 6) is 1.04. The van der Waals surface area contributed by atoms with E-state index in [-0.39, 0.29) is 6.10 Å².